The highest BCUT2D eigenvalue weighted by Crippen LogP contribution is 2.32. The number of nitrogens with one attached hydrogen (secondary N) is 1. The molecule has 0 saturated heterocycles. The quantitative estimate of drug-likeness (QED) is 0.515. The molecule has 2 rings (SSSR count). The van der Waals surface area contributed by atoms with E-state index >= 15 is 0 Å². The minimum absolute atomic E-state index is 0.0258. The summed E-state index contributed by atoms with van der Waals surface area (Å²) < 4.78 is 0. The van der Waals surface area contributed by atoms with Gasteiger partial charge in [-0.25, -0.2) is 0 Å². The van der Waals surface area contributed by atoms with Crippen LogP contribution in [0.15, 0.2) is 18.2 Å². The number of halogens is 1. The fraction of sp³-hybridized carbons (Fsp3) is 0.533. The number of nitrogens with zero attached hydrogens (tertiary/aromatic N) is 1. The molecule has 0 radical (unpaired) electrons. The third-order valence-corrected chi connectivity index (χ3v) is 4.68. The lowest BCUT2D eigenvalue weighted by atomic mass is 9.97. The SMILES string of the molecule is Cc1c(C(=O)NCC2CCCC2CCl)cccc1[N+](=O)[O-]. The van der Waals surface area contributed by atoms with Gasteiger partial charge < -0.3 is 5.32 Å². The van der Waals surface area contributed by atoms with Crippen molar-refractivity contribution in [2.45, 2.75) is 26.2 Å². The van der Waals surface area contributed by atoms with Gasteiger partial charge in [0.25, 0.3) is 11.6 Å². The van der Waals surface area contributed by atoms with Crippen molar-refractivity contribution in [3.8, 4) is 0 Å². The second kappa shape index (κ2) is 6.89. The molecule has 114 valence electrons. The molecule has 1 aliphatic rings. The monoisotopic (exact) mass is 310 g/mol. The number of hydrogen-bond donors (Lipinski definition) is 1. The molecular weight excluding hydrogens is 292 g/mol. The zero-order chi connectivity index (χ0) is 15.4. The predicted octanol–water partition coefficient (Wildman–Crippen LogP) is 3.29. The Kier molecular flexibility index (Phi) is 5.17. The first-order valence-electron chi connectivity index (χ1n) is 7.12. The first-order chi connectivity index (χ1) is 10.0. The highest BCUT2D eigenvalue weighted by Gasteiger charge is 2.27. The molecule has 21 heavy (non-hydrogen) atoms. The molecule has 5 nitrogen and oxygen atoms in total. The summed E-state index contributed by atoms with van der Waals surface area (Å²) in [4.78, 5) is 22.7. The number of carbonyl (C=O) groups is 1. The van der Waals surface area contributed by atoms with Crippen LogP contribution < -0.4 is 5.32 Å². The predicted molar refractivity (Wildman–Crippen MR) is 81.7 cm³/mol. The molecule has 1 aromatic rings. The topological polar surface area (TPSA) is 72.2 Å². The summed E-state index contributed by atoms with van der Waals surface area (Å²) in [5, 5.41) is 13.8. The first-order valence-corrected chi connectivity index (χ1v) is 7.66. The van der Waals surface area contributed by atoms with E-state index in [1.54, 1.807) is 13.0 Å². The molecular formula is C15H19ClN2O3. The largest absolute Gasteiger partial charge is 0.352 e. The molecule has 0 spiro atoms. The summed E-state index contributed by atoms with van der Waals surface area (Å²) in [6, 6.07) is 4.56. The van der Waals surface area contributed by atoms with E-state index in [1.165, 1.54) is 12.1 Å². The third-order valence-electron chi connectivity index (χ3n) is 4.29. The normalized spacial score (nSPS) is 21.2. The summed E-state index contributed by atoms with van der Waals surface area (Å²) >= 11 is 5.93. The number of amides is 1. The van der Waals surface area contributed by atoms with Crippen LogP contribution in [-0.2, 0) is 0 Å². The van der Waals surface area contributed by atoms with E-state index in [0.717, 1.165) is 19.3 Å². The molecule has 2 unspecified atom stereocenters. The molecule has 0 heterocycles. The first kappa shape index (κ1) is 15.8. The Labute approximate surface area is 128 Å². The van der Waals surface area contributed by atoms with Crippen molar-refractivity contribution in [1.29, 1.82) is 0 Å². The maximum Gasteiger partial charge on any atom is 0.273 e. The highest BCUT2D eigenvalue weighted by molar-refractivity contribution is 6.18. The number of alkyl halides is 1. The van der Waals surface area contributed by atoms with Gasteiger partial charge in [-0.15, -0.1) is 11.6 Å². The number of nitro benzene ring substituents is 1. The van der Waals surface area contributed by atoms with Gasteiger partial charge in [-0.1, -0.05) is 12.5 Å². The van der Waals surface area contributed by atoms with Crippen molar-refractivity contribution in [3.05, 3.63) is 39.4 Å². The van der Waals surface area contributed by atoms with Crippen LogP contribution in [0.25, 0.3) is 0 Å². The molecule has 1 fully saturated rings. The number of carbonyl (C=O) groups excluding carboxylic acids is 1. The van der Waals surface area contributed by atoms with E-state index < -0.39 is 4.92 Å². The summed E-state index contributed by atoms with van der Waals surface area (Å²) in [5.41, 5.74) is 0.743. The van der Waals surface area contributed by atoms with Crippen molar-refractivity contribution in [2.24, 2.45) is 11.8 Å². The van der Waals surface area contributed by atoms with Gasteiger partial charge in [0.1, 0.15) is 0 Å². The molecule has 2 atom stereocenters. The van der Waals surface area contributed by atoms with E-state index in [4.69, 9.17) is 11.6 Å². The molecule has 0 aromatic heterocycles. The van der Waals surface area contributed by atoms with Crippen LogP contribution in [0.5, 0.6) is 0 Å². The minimum Gasteiger partial charge on any atom is -0.352 e. The Balaban J connectivity index is 2.04. The minimum atomic E-state index is -0.466. The molecule has 0 aliphatic heterocycles. The molecule has 1 amide bonds. The Bertz CT molecular complexity index is 548. The lowest BCUT2D eigenvalue weighted by Crippen LogP contribution is -2.31. The van der Waals surface area contributed by atoms with Gasteiger partial charge in [-0.3, -0.25) is 14.9 Å². The summed E-state index contributed by atoms with van der Waals surface area (Å²) in [5.74, 6) is 1.23. The zero-order valence-electron chi connectivity index (χ0n) is 12.0. The van der Waals surface area contributed by atoms with Gasteiger partial charge in [0.05, 0.1) is 4.92 Å². The van der Waals surface area contributed by atoms with Crippen molar-refractivity contribution in [3.63, 3.8) is 0 Å². The number of benzene rings is 1. The molecule has 1 aromatic carbocycles. The Morgan fingerprint density at radius 2 is 2.14 bits per heavy atom. The van der Waals surface area contributed by atoms with Crippen LogP contribution in [0.4, 0.5) is 5.69 Å². The second-order valence-corrected chi connectivity index (χ2v) is 5.83. The van der Waals surface area contributed by atoms with Crippen molar-refractivity contribution in [1.82, 2.24) is 5.32 Å². The second-order valence-electron chi connectivity index (χ2n) is 5.52. The smallest absolute Gasteiger partial charge is 0.273 e. The van der Waals surface area contributed by atoms with Gasteiger partial charge in [-0.2, -0.15) is 0 Å². The van der Waals surface area contributed by atoms with Crippen LogP contribution in [-0.4, -0.2) is 23.3 Å². The fourth-order valence-electron chi connectivity index (χ4n) is 2.97. The van der Waals surface area contributed by atoms with E-state index in [2.05, 4.69) is 5.32 Å². The van der Waals surface area contributed by atoms with Crippen LogP contribution in [0.2, 0.25) is 0 Å². The average molecular weight is 311 g/mol. The van der Waals surface area contributed by atoms with Crippen molar-refractivity contribution in [2.75, 3.05) is 12.4 Å². The maximum atomic E-state index is 12.2. The van der Waals surface area contributed by atoms with Crippen LogP contribution in [0, 0.1) is 28.9 Å². The van der Waals surface area contributed by atoms with Gasteiger partial charge >= 0.3 is 0 Å². The molecule has 0 bridgehead atoms. The lowest BCUT2D eigenvalue weighted by Gasteiger charge is -2.18. The van der Waals surface area contributed by atoms with Gasteiger partial charge in [0.15, 0.2) is 0 Å². The molecule has 6 heteroatoms. The summed E-state index contributed by atoms with van der Waals surface area (Å²) in [6.45, 7) is 2.18. The average Bonchev–Trinajstić information content (AvgIpc) is 2.92. The van der Waals surface area contributed by atoms with Crippen LogP contribution >= 0.6 is 11.6 Å². The molecule has 1 N–H and O–H groups in total. The van der Waals surface area contributed by atoms with E-state index in [9.17, 15) is 14.9 Å². The Morgan fingerprint density at radius 3 is 2.81 bits per heavy atom. The standard InChI is InChI=1S/C15H19ClN2O3/c1-10-13(6-3-7-14(10)18(20)21)15(19)17-9-12-5-2-4-11(12)8-16/h3,6-7,11-12H,2,4-5,8-9H2,1H3,(H,17,19). The summed E-state index contributed by atoms with van der Waals surface area (Å²) in [7, 11) is 0. The fourth-order valence-corrected chi connectivity index (χ4v) is 3.38. The van der Waals surface area contributed by atoms with E-state index in [-0.39, 0.29) is 11.6 Å². The van der Waals surface area contributed by atoms with Gasteiger partial charge in [0.2, 0.25) is 0 Å². The van der Waals surface area contributed by atoms with Crippen LogP contribution in [0.3, 0.4) is 0 Å². The van der Waals surface area contributed by atoms with Crippen molar-refractivity contribution < 1.29 is 9.72 Å². The van der Waals surface area contributed by atoms with Gasteiger partial charge in [-0.05, 0) is 37.7 Å². The molecule has 1 aliphatic carbocycles. The number of rotatable bonds is 5. The molecule has 1 saturated carbocycles. The van der Waals surface area contributed by atoms with E-state index in [1.807, 2.05) is 0 Å². The maximum absolute atomic E-state index is 12.2. The summed E-state index contributed by atoms with van der Waals surface area (Å²) in [6.07, 6.45) is 3.33. The Morgan fingerprint density at radius 1 is 1.43 bits per heavy atom. The number of nitro groups is 1. The van der Waals surface area contributed by atoms with Crippen LogP contribution in [0.1, 0.15) is 35.2 Å². The number of hydrogen-bond acceptors (Lipinski definition) is 3. The highest BCUT2D eigenvalue weighted by atomic mass is 35.5. The third kappa shape index (κ3) is 3.53. The Hall–Kier alpha value is -1.62. The zero-order valence-corrected chi connectivity index (χ0v) is 12.7. The van der Waals surface area contributed by atoms with Crippen molar-refractivity contribution >= 4 is 23.2 Å². The van der Waals surface area contributed by atoms with E-state index in [0.29, 0.717) is 35.4 Å². The van der Waals surface area contributed by atoms with Gasteiger partial charge in [0, 0.05) is 29.6 Å². The lowest BCUT2D eigenvalue weighted by molar-refractivity contribution is -0.385.